The van der Waals surface area contributed by atoms with E-state index in [-0.39, 0.29) is 6.04 Å². The normalized spacial score (nSPS) is 17.7. The zero-order valence-corrected chi connectivity index (χ0v) is 16.5. The van der Waals surface area contributed by atoms with Crippen LogP contribution in [0.1, 0.15) is 17.5 Å². The summed E-state index contributed by atoms with van der Waals surface area (Å²) in [5.41, 5.74) is 3.25. The Bertz CT molecular complexity index is 1090. The number of carbonyl (C=O) groups excluding carboxylic acids is 1. The molecule has 2 atom stereocenters. The average Bonchev–Trinajstić information content (AvgIpc) is 3.38. The van der Waals surface area contributed by atoms with Crippen LogP contribution >= 0.6 is 0 Å². The highest BCUT2D eigenvalue weighted by molar-refractivity contribution is 5.91. The zero-order valence-electron chi connectivity index (χ0n) is 16.5. The van der Waals surface area contributed by atoms with E-state index in [1.54, 1.807) is 25.4 Å². The summed E-state index contributed by atoms with van der Waals surface area (Å²) in [5, 5.41) is 6.23. The third-order valence-electron chi connectivity index (χ3n) is 4.92. The molecule has 6 nitrogen and oxygen atoms in total. The highest BCUT2D eigenvalue weighted by atomic mass is 19.1. The monoisotopic (exact) mass is 395 g/mol. The maximum absolute atomic E-state index is 12.9. The summed E-state index contributed by atoms with van der Waals surface area (Å²) < 4.78 is 24.4. The molecular weight excluding hydrogens is 373 g/mol. The van der Waals surface area contributed by atoms with Crippen LogP contribution in [0.3, 0.4) is 0 Å². The van der Waals surface area contributed by atoms with Crippen LogP contribution in [0.25, 0.3) is 10.9 Å². The lowest BCUT2D eigenvalue weighted by atomic mass is 10.1. The number of halogens is 1. The third kappa shape index (κ3) is 4.08. The van der Waals surface area contributed by atoms with Crippen molar-refractivity contribution in [3.63, 3.8) is 0 Å². The topological polar surface area (TPSA) is 72.5 Å². The Labute approximate surface area is 168 Å². The van der Waals surface area contributed by atoms with Gasteiger partial charge in [-0.15, -0.1) is 0 Å². The maximum atomic E-state index is 12.9. The van der Waals surface area contributed by atoms with Gasteiger partial charge in [0.15, 0.2) is 0 Å². The summed E-state index contributed by atoms with van der Waals surface area (Å²) in [5.74, 6) is 2.10. The van der Waals surface area contributed by atoms with Crippen LogP contribution in [0, 0.1) is 13.8 Å². The van der Waals surface area contributed by atoms with Crippen LogP contribution < -0.4 is 20.1 Å². The number of ether oxygens (including phenoxy) is 2. The second kappa shape index (κ2) is 7.58. The van der Waals surface area contributed by atoms with E-state index >= 15 is 0 Å². The van der Waals surface area contributed by atoms with Gasteiger partial charge in [-0.25, -0.2) is 9.18 Å². The smallest absolute Gasteiger partial charge is 0.319 e. The first-order chi connectivity index (χ1) is 13.9. The minimum absolute atomic E-state index is 0.375. The largest absolute Gasteiger partial charge is 0.496 e. The molecule has 1 aromatic heterocycles. The minimum atomic E-state index is -0.934. The fourth-order valence-corrected chi connectivity index (χ4v) is 3.17. The van der Waals surface area contributed by atoms with Gasteiger partial charge in [0.1, 0.15) is 23.4 Å². The van der Waals surface area contributed by atoms with Gasteiger partial charge in [0, 0.05) is 29.8 Å². The molecule has 0 radical (unpaired) electrons. The number of urea groups is 1. The molecule has 1 heterocycles. The summed E-state index contributed by atoms with van der Waals surface area (Å²) in [6.07, 6.45) is 1.14. The SMILES string of the molecule is COc1cc2nccc(Oc3ccc(NC(=O)NC4CC4F)c(C)c3)c2cc1C. The van der Waals surface area contributed by atoms with Crippen LogP contribution in [0.2, 0.25) is 0 Å². The van der Waals surface area contributed by atoms with E-state index in [9.17, 15) is 9.18 Å². The number of methoxy groups -OCH3 is 1. The molecule has 7 heteroatoms. The Hall–Kier alpha value is -3.35. The first-order valence-corrected chi connectivity index (χ1v) is 9.38. The van der Waals surface area contributed by atoms with Gasteiger partial charge in [-0.2, -0.15) is 0 Å². The van der Waals surface area contributed by atoms with Crippen molar-refractivity contribution in [1.29, 1.82) is 0 Å². The van der Waals surface area contributed by atoms with Gasteiger partial charge in [-0.3, -0.25) is 4.98 Å². The second-order valence-corrected chi connectivity index (χ2v) is 7.18. The molecule has 150 valence electrons. The highest BCUT2D eigenvalue weighted by Gasteiger charge is 2.38. The van der Waals surface area contributed by atoms with E-state index in [1.807, 2.05) is 38.1 Å². The number of benzene rings is 2. The van der Waals surface area contributed by atoms with Crippen LogP contribution in [0.15, 0.2) is 42.6 Å². The summed E-state index contributed by atoms with van der Waals surface area (Å²) in [7, 11) is 1.63. The molecule has 2 unspecified atom stereocenters. The van der Waals surface area contributed by atoms with Crippen molar-refractivity contribution >= 4 is 22.6 Å². The van der Waals surface area contributed by atoms with Crippen molar-refractivity contribution in [3.05, 3.63) is 53.7 Å². The maximum Gasteiger partial charge on any atom is 0.319 e. The van der Waals surface area contributed by atoms with E-state index in [2.05, 4.69) is 15.6 Å². The van der Waals surface area contributed by atoms with Crippen molar-refractivity contribution in [3.8, 4) is 17.2 Å². The Kier molecular flexibility index (Phi) is 4.96. The number of carbonyl (C=O) groups is 1. The van der Waals surface area contributed by atoms with Gasteiger partial charge in [-0.1, -0.05) is 0 Å². The van der Waals surface area contributed by atoms with Gasteiger partial charge in [0.2, 0.25) is 0 Å². The third-order valence-corrected chi connectivity index (χ3v) is 4.92. The molecule has 3 aromatic rings. The predicted octanol–water partition coefficient (Wildman–Crippen LogP) is 4.88. The van der Waals surface area contributed by atoms with Gasteiger partial charge < -0.3 is 20.1 Å². The number of pyridine rings is 1. The number of amides is 2. The molecule has 0 bridgehead atoms. The molecule has 1 aliphatic carbocycles. The highest BCUT2D eigenvalue weighted by Crippen LogP contribution is 2.34. The van der Waals surface area contributed by atoms with Crippen LogP contribution in [-0.4, -0.2) is 30.3 Å². The van der Waals surface area contributed by atoms with Gasteiger partial charge in [0.05, 0.1) is 18.7 Å². The molecule has 29 heavy (non-hydrogen) atoms. The molecule has 2 aromatic carbocycles. The Morgan fingerprint density at radius 2 is 1.93 bits per heavy atom. The molecule has 1 saturated carbocycles. The number of alkyl halides is 1. The van der Waals surface area contributed by atoms with Crippen LogP contribution in [-0.2, 0) is 0 Å². The fraction of sp³-hybridized carbons (Fsp3) is 0.273. The minimum Gasteiger partial charge on any atom is -0.496 e. The summed E-state index contributed by atoms with van der Waals surface area (Å²) in [4.78, 5) is 16.3. The summed E-state index contributed by atoms with van der Waals surface area (Å²) in [6, 6.07) is 10.3. The summed E-state index contributed by atoms with van der Waals surface area (Å²) >= 11 is 0. The van der Waals surface area contributed by atoms with Crippen molar-refractivity contribution in [1.82, 2.24) is 10.3 Å². The molecule has 0 aliphatic heterocycles. The Morgan fingerprint density at radius 3 is 2.62 bits per heavy atom. The molecule has 2 amide bonds. The standard InChI is InChI=1S/C22H22FN3O3/c1-12-8-14(4-5-17(12)25-22(27)26-19-10-16(19)23)29-20-6-7-24-18-11-21(28-3)13(2)9-15(18)20/h4-9,11,16,19H,10H2,1-3H3,(H2,25,26,27). The first-order valence-electron chi connectivity index (χ1n) is 9.38. The summed E-state index contributed by atoms with van der Waals surface area (Å²) in [6.45, 7) is 3.84. The van der Waals surface area contributed by atoms with E-state index < -0.39 is 12.2 Å². The van der Waals surface area contributed by atoms with Crippen molar-refractivity contribution < 1.29 is 18.7 Å². The number of nitrogens with zero attached hydrogens (tertiary/aromatic N) is 1. The second-order valence-electron chi connectivity index (χ2n) is 7.18. The zero-order chi connectivity index (χ0) is 20.5. The van der Waals surface area contributed by atoms with E-state index in [4.69, 9.17) is 9.47 Å². The molecule has 1 fully saturated rings. The average molecular weight is 395 g/mol. The first kappa shape index (κ1) is 19.0. The molecule has 2 N–H and O–H groups in total. The lowest BCUT2D eigenvalue weighted by Crippen LogP contribution is -2.31. The van der Waals surface area contributed by atoms with Crippen molar-refractivity contribution in [2.24, 2.45) is 0 Å². The number of nitrogens with one attached hydrogen (secondary N) is 2. The lowest BCUT2D eigenvalue weighted by Gasteiger charge is -2.13. The lowest BCUT2D eigenvalue weighted by molar-refractivity contribution is 0.250. The van der Waals surface area contributed by atoms with Crippen molar-refractivity contribution in [2.45, 2.75) is 32.5 Å². The predicted molar refractivity (Wildman–Crippen MR) is 110 cm³/mol. The number of hydrogen-bond donors (Lipinski definition) is 2. The number of aromatic nitrogens is 1. The number of hydrogen-bond acceptors (Lipinski definition) is 4. The molecule has 1 aliphatic rings. The Balaban J connectivity index is 1.53. The van der Waals surface area contributed by atoms with Crippen LogP contribution in [0.5, 0.6) is 17.2 Å². The van der Waals surface area contributed by atoms with Gasteiger partial charge in [-0.05, 0) is 55.3 Å². The van der Waals surface area contributed by atoms with Crippen LogP contribution in [0.4, 0.5) is 14.9 Å². The van der Waals surface area contributed by atoms with Gasteiger partial charge >= 0.3 is 6.03 Å². The van der Waals surface area contributed by atoms with Crippen molar-refractivity contribution in [2.75, 3.05) is 12.4 Å². The van der Waals surface area contributed by atoms with E-state index in [1.165, 1.54) is 0 Å². The van der Waals surface area contributed by atoms with Gasteiger partial charge in [0.25, 0.3) is 0 Å². The fourth-order valence-electron chi connectivity index (χ4n) is 3.17. The van der Waals surface area contributed by atoms with E-state index in [0.29, 0.717) is 23.6 Å². The number of rotatable bonds is 5. The molecule has 4 rings (SSSR count). The quantitative estimate of drug-likeness (QED) is 0.646. The number of anilines is 1. The molecule has 0 saturated heterocycles. The van der Waals surface area contributed by atoms with E-state index in [0.717, 1.165) is 27.8 Å². The number of aryl methyl sites for hydroxylation is 2. The molecular formula is C22H22FN3O3. The Morgan fingerprint density at radius 1 is 1.14 bits per heavy atom. The number of fused-ring (bicyclic) bond motifs is 1. The molecule has 0 spiro atoms.